The lowest BCUT2D eigenvalue weighted by Gasteiger charge is -2.02. The summed E-state index contributed by atoms with van der Waals surface area (Å²) in [5.41, 5.74) is 0.470. The van der Waals surface area contributed by atoms with Gasteiger partial charge in [-0.25, -0.2) is 4.79 Å². The second-order valence-electron chi connectivity index (χ2n) is 3.53. The number of benzene rings is 1. The van der Waals surface area contributed by atoms with Crippen LogP contribution in [0, 0.1) is 12.0 Å². The Morgan fingerprint density at radius 2 is 2.19 bits per heavy atom. The summed E-state index contributed by atoms with van der Waals surface area (Å²) in [4.78, 5) is 11.3. The molecule has 2 N–H and O–H groups in total. The molecule has 0 saturated carbocycles. The summed E-state index contributed by atoms with van der Waals surface area (Å²) >= 11 is 5.75. The van der Waals surface area contributed by atoms with Crippen LogP contribution in [0.25, 0.3) is 0 Å². The number of nitrogens with one attached hydrogen (secondary N) is 2. The normalized spacial score (nSPS) is 10.4. The Kier molecular flexibility index (Phi) is 6.98. The van der Waals surface area contributed by atoms with E-state index in [0.717, 1.165) is 0 Å². The van der Waals surface area contributed by atoms with Crippen LogP contribution >= 0.6 is 11.6 Å². The highest BCUT2D eigenvalue weighted by Crippen LogP contribution is 2.14. The number of ether oxygens (including phenoxy) is 1. The van der Waals surface area contributed by atoms with Gasteiger partial charge in [-0.05, 0) is 18.2 Å². The van der Waals surface area contributed by atoms with Crippen LogP contribution in [0.4, 0.5) is 10.5 Å². The Hall–Kier alpha value is -1.79. The minimum atomic E-state index is -3.72. The molecule has 0 aliphatic heterocycles. The third-order valence-corrected chi connectivity index (χ3v) is 3.21. The molecule has 0 bridgehead atoms. The highest BCUT2D eigenvalue weighted by Gasteiger charge is 2.05. The van der Waals surface area contributed by atoms with Gasteiger partial charge in [0.2, 0.25) is 0 Å². The number of amides is 1. The fourth-order valence-corrected chi connectivity index (χ4v) is 1.72. The maximum absolute atomic E-state index is 11.3. The molecule has 0 aliphatic carbocycles. The molecule has 114 valence electrons. The third kappa shape index (κ3) is 7.53. The molecule has 9 heteroatoms. The monoisotopic (exact) mass is 332 g/mol. The van der Waals surface area contributed by atoms with E-state index in [9.17, 15) is 13.2 Å². The van der Waals surface area contributed by atoms with E-state index in [1.54, 1.807) is 24.3 Å². The van der Waals surface area contributed by atoms with E-state index in [0.29, 0.717) is 10.7 Å². The predicted octanol–water partition coefficient (Wildman–Crippen LogP) is 1.72. The van der Waals surface area contributed by atoms with Crippen molar-refractivity contribution in [3.05, 3.63) is 29.3 Å². The highest BCUT2D eigenvalue weighted by atomic mass is 35.5. The summed E-state index contributed by atoms with van der Waals surface area (Å²) in [5, 5.41) is 2.90. The number of hydrogen-bond donors (Lipinski definition) is 2. The molecule has 0 aliphatic rings. The van der Waals surface area contributed by atoms with Crippen LogP contribution in [-0.2, 0) is 19.2 Å². The Morgan fingerprint density at radius 3 is 2.86 bits per heavy atom. The van der Waals surface area contributed by atoms with Crippen molar-refractivity contribution in [2.45, 2.75) is 6.42 Å². The van der Waals surface area contributed by atoms with E-state index in [2.05, 4.69) is 26.3 Å². The molecular formula is C12H13ClN2O5S. The van der Waals surface area contributed by atoms with Gasteiger partial charge in [-0.15, -0.1) is 0 Å². The number of rotatable bonds is 5. The van der Waals surface area contributed by atoms with Gasteiger partial charge < -0.3 is 4.74 Å². The molecule has 21 heavy (non-hydrogen) atoms. The lowest BCUT2D eigenvalue weighted by atomic mass is 10.3. The SMILES string of the molecule is CNS(=O)(=O)OCCC#COC(=O)Nc1cccc(Cl)c1. The van der Waals surface area contributed by atoms with Crippen LogP contribution < -0.4 is 10.0 Å². The van der Waals surface area contributed by atoms with Gasteiger partial charge in [0.1, 0.15) is 6.11 Å². The van der Waals surface area contributed by atoms with Gasteiger partial charge >= 0.3 is 16.4 Å². The van der Waals surface area contributed by atoms with Crippen molar-refractivity contribution < 1.29 is 22.1 Å². The second kappa shape index (κ2) is 8.49. The lowest BCUT2D eigenvalue weighted by molar-refractivity contribution is 0.207. The molecule has 0 aromatic heterocycles. The number of anilines is 1. The topological polar surface area (TPSA) is 93.7 Å². The maximum Gasteiger partial charge on any atom is 0.425 e. The second-order valence-corrected chi connectivity index (χ2v) is 5.52. The number of hydrogen-bond acceptors (Lipinski definition) is 5. The zero-order valence-corrected chi connectivity index (χ0v) is 12.6. The smallest absolute Gasteiger partial charge is 0.356 e. The van der Waals surface area contributed by atoms with E-state index in [4.69, 9.17) is 11.6 Å². The molecule has 7 nitrogen and oxygen atoms in total. The van der Waals surface area contributed by atoms with Gasteiger partial charge in [0.05, 0.1) is 6.61 Å². The fraction of sp³-hybridized carbons (Fsp3) is 0.250. The number of halogens is 1. The van der Waals surface area contributed by atoms with E-state index in [1.165, 1.54) is 7.05 Å². The first-order valence-corrected chi connectivity index (χ1v) is 7.51. The van der Waals surface area contributed by atoms with Crippen LogP contribution in [0.1, 0.15) is 6.42 Å². The van der Waals surface area contributed by atoms with Crippen molar-refractivity contribution >= 4 is 33.7 Å². The summed E-state index contributed by atoms with van der Waals surface area (Å²) in [7, 11) is -2.49. The molecule has 1 amide bonds. The van der Waals surface area contributed by atoms with Crippen LogP contribution in [0.3, 0.4) is 0 Å². The van der Waals surface area contributed by atoms with E-state index in [1.807, 2.05) is 4.72 Å². The molecule has 0 radical (unpaired) electrons. The molecular weight excluding hydrogens is 320 g/mol. The molecule has 1 rings (SSSR count). The molecule has 0 saturated heterocycles. The molecule has 0 atom stereocenters. The first-order valence-electron chi connectivity index (χ1n) is 5.72. The van der Waals surface area contributed by atoms with Crippen LogP contribution in [-0.4, -0.2) is 28.2 Å². The first-order chi connectivity index (χ1) is 9.93. The predicted molar refractivity (Wildman–Crippen MR) is 77.9 cm³/mol. The van der Waals surface area contributed by atoms with E-state index < -0.39 is 16.4 Å². The van der Waals surface area contributed by atoms with Crippen molar-refractivity contribution in [3.8, 4) is 12.0 Å². The van der Waals surface area contributed by atoms with Gasteiger partial charge in [-0.1, -0.05) is 23.6 Å². The largest absolute Gasteiger partial charge is 0.425 e. The summed E-state index contributed by atoms with van der Waals surface area (Å²) in [6.07, 6.45) is 1.45. The van der Waals surface area contributed by atoms with Crippen molar-refractivity contribution in [1.29, 1.82) is 0 Å². The number of carbonyl (C=O) groups is 1. The third-order valence-electron chi connectivity index (χ3n) is 2.00. The average molecular weight is 333 g/mol. The average Bonchev–Trinajstić information content (AvgIpc) is 2.42. The van der Waals surface area contributed by atoms with Gasteiger partial charge in [-0.2, -0.15) is 13.1 Å². The lowest BCUT2D eigenvalue weighted by Crippen LogP contribution is -2.21. The van der Waals surface area contributed by atoms with Gasteiger partial charge in [-0.3, -0.25) is 9.50 Å². The molecule has 0 unspecified atom stereocenters. The summed E-state index contributed by atoms with van der Waals surface area (Å²) in [5.74, 6) is 2.43. The molecule has 0 fully saturated rings. The van der Waals surface area contributed by atoms with Crippen molar-refractivity contribution in [1.82, 2.24) is 4.72 Å². The summed E-state index contributed by atoms with van der Waals surface area (Å²) in [6.45, 7) is -0.143. The van der Waals surface area contributed by atoms with Crippen molar-refractivity contribution in [2.24, 2.45) is 0 Å². The van der Waals surface area contributed by atoms with Gasteiger partial charge in [0.15, 0.2) is 0 Å². The molecule has 0 spiro atoms. The van der Waals surface area contributed by atoms with Crippen LogP contribution in [0.2, 0.25) is 5.02 Å². The quantitative estimate of drug-likeness (QED) is 0.632. The van der Waals surface area contributed by atoms with Crippen molar-refractivity contribution in [2.75, 3.05) is 19.0 Å². The van der Waals surface area contributed by atoms with Crippen LogP contribution in [0.5, 0.6) is 0 Å². The zero-order valence-electron chi connectivity index (χ0n) is 11.1. The first kappa shape index (κ1) is 17.3. The fourth-order valence-electron chi connectivity index (χ4n) is 1.10. The Morgan fingerprint density at radius 1 is 1.43 bits per heavy atom. The Bertz CT molecular complexity index is 651. The highest BCUT2D eigenvalue weighted by molar-refractivity contribution is 7.84. The minimum absolute atomic E-state index is 0.0886. The van der Waals surface area contributed by atoms with Gasteiger partial charge in [0, 0.05) is 24.2 Å². The van der Waals surface area contributed by atoms with Gasteiger partial charge in [0.25, 0.3) is 0 Å². The van der Waals surface area contributed by atoms with E-state index in [-0.39, 0.29) is 13.0 Å². The Balaban J connectivity index is 2.29. The summed E-state index contributed by atoms with van der Waals surface area (Å²) in [6, 6.07) is 6.52. The molecule has 1 aromatic carbocycles. The molecule has 0 heterocycles. The standard InChI is InChI=1S/C12H13ClN2O5S/c1-14-21(17,18)20-8-3-2-7-19-12(16)15-11-6-4-5-10(13)9-11/h4-6,9,14H,3,8H2,1H3,(H,15,16). The summed E-state index contributed by atoms with van der Waals surface area (Å²) < 4.78 is 32.8. The Labute approximate surface area is 127 Å². The van der Waals surface area contributed by atoms with Crippen LogP contribution in [0.15, 0.2) is 24.3 Å². The molecule has 1 aromatic rings. The minimum Gasteiger partial charge on any atom is -0.356 e. The van der Waals surface area contributed by atoms with E-state index >= 15 is 0 Å². The zero-order chi connectivity index (χ0) is 15.7. The number of carbonyl (C=O) groups excluding carboxylic acids is 1. The van der Waals surface area contributed by atoms with Crippen molar-refractivity contribution in [3.63, 3.8) is 0 Å². The maximum atomic E-state index is 11.3.